The van der Waals surface area contributed by atoms with Crippen LogP contribution in [0.1, 0.15) is 23.0 Å². The molecule has 0 unspecified atom stereocenters. The van der Waals surface area contributed by atoms with E-state index in [1.54, 1.807) is 12.1 Å². The lowest BCUT2D eigenvalue weighted by Gasteiger charge is -2.08. The number of amides is 1. The van der Waals surface area contributed by atoms with Gasteiger partial charge in [0.1, 0.15) is 11.5 Å². The maximum absolute atomic E-state index is 12.8. The van der Waals surface area contributed by atoms with E-state index in [4.69, 9.17) is 0 Å². The van der Waals surface area contributed by atoms with Crippen molar-refractivity contribution in [1.82, 2.24) is 15.5 Å². The highest BCUT2D eigenvalue weighted by Gasteiger charge is 2.31. The summed E-state index contributed by atoms with van der Waals surface area (Å²) in [6.07, 6.45) is 1.07. The average molecular weight is 361 g/mol. The quantitative estimate of drug-likeness (QED) is 0.728. The van der Waals surface area contributed by atoms with Crippen LogP contribution in [-0.2, 0) is 5.92 Å². The first-order valence-electron chi connectivity index (χ1n) is 7.77. The van der Waals surface area contributed by atoms with Crippen LogP contribution in [0.25, 0.3) is 11.1 Å². The van der Waals surface area contributed by atoms with E-state index in [1.165, 1.54) is 19.2 Å². The minimum atomic E-state index is -3.08. The molecule has 0 saturated heterocycles. The van der Waals surface area contributed by atoms with Gasteiger partial charge in [0, 0.05) is 14.0 Å². The Balaban J connectivity index is 0.000000187. The molecule has 1 aromatic heterocycles. The monoisotopic (exact) mass is 361 g/mol. The lowest BCUT2D eigenvalue weighted by atomic mass is 10.1. The summed E-state index contributed by atoms with van der Waals surface area (Å²) in [4.78, 5) is 11.0. The number of alkyl halides is 2. The number of benzene rings is 2. The minimum absolute atomic E-state index is 0.130. The summed E-state index contributed by atoms with van der Waals surface area (Å²) in [6.45, 7) is 0.701. The Labute approximate surface area is 149 Å². The molecule has 0 aliphatic carbocycles. The SMILES string of the molecule is CNC(=O)c1cn[nH]c1C(C)(F)F.Fc1ccc(-c2ccccc2)cc1. The average Bonchev–Trinajstić information content (AvgIpc) is 3.13. The number of hydrogen-bond donors (Lipinski definition) is 2. The standard InChI is InChI=1S/C12H9F.C7H9F2N3O/c13-12-8-6-11(7-9-12)10-4-2-1-3-5-10;1-7(8,9)5-4(3-11-12-5)6(13)10-2/h1-9H;3H,1-2H3,(H,10,13)(H,11,12). The first-order valence-corrected chi connectivity index (χ1v) is 7.77. The van der Waals surface area contributed by atoms with Crippen molar-refractivity contribution in [2.75, 3.05) is 7.05 Å². The van der Waals surface area contributed by atoms with Gasteiger partial charge in [-0.2, -0.15) is 13.9 Å². The highest BCUT2D eigenvalue weighted by atomic mass is 19.3. The van der Waals surface area contributed by atoms with Crippen molar-refractivity contribution >= 4 is 5.91 Å². The smallest absolute Gasteiger partial charge is 0.287 e. The fourth-order valence-corrected chi connectivity index (χ4v) is 2.20. The second kappa shape index (κ2) is 8.33. The predicted molar refractivity (Wildman–Crippen MR) is 93.4 cm³/mol. The van der Waals surface area contributed by atoms with Gasteiger partial charge in [0.2, 0.25) is 0 Å². The highest BCUT2D eigenvalue weighted by Crippen LogP contribution is 2.27. The summed E-state index contributed by atoms with van der Waals surface area (Å²) in [7, 11) is 1.37. The van der Waals surface area contributed by atoms with Crippen molar-refractivity contribution in [2.24, 2.45) is 0 Å². The largest absolute Gasteiger partial charge is 0.355 e. The van der Waals surface area contributed by atoms with Crippen LogP contribution in [0.2, 0.25) is 0 Å². The van der Waals surface area contributed by atoms with E-state index < -0.39 is 17.5 Å². The topological polar surface area (TPSA) is 57.8 Å². The summed E-state index contributed by atoms with van der Waals surface area (Å²) in [5.74, 6) is -3.86. The van der Waals surface area contributed by atoms with Gasteiger partial charge in [-0.1, -0.05) is 42.5 Å². The van der Waals surface area contributed by atoms with Crippen molar-refractivity contribution in [1.29, 1.82) is 0 Å². The molecule has 2 N–H and O–H groups in total. The van der Waals surface area contributed by atoms with Crippen LogP contribution in [0.15, 0.2) is 60.8 Å². The molecule has 0 aliphatic rings. The van der Waals surface area contributed by atoms with Crippen LogP contribution in [-0.4, -0.2) is 23.2 Å². The molecule has 0 spiro atoms. The molecule has 0 saturated carbocycles. The van der Waals surface area contributed by atoms with Crippen LogP contribution in [0.5, 0.6) is 0 Å². The van der Waals surface area contributed by atoms with Gasteiger partial charge in [0.15, 0.2) is 0 Å². The molecular weight excluding hydrogens is 343 g/mol. The van der Waals surface area contributed by atoms with E-state index in [0.717, 1.165) is 17.3 Å². The zero-order valence-electron chi connectivity index (χ0n) is 14.3. The van der Waals surface area contributed by atoms with Gasteiger partial charge in [0.05, 0.1) is 11.8 Å². The molecule has 1 amide bonds. The van der Waals surface area contributed by atoms with E-state index >= 15 is 0 Å². The summed E-state index contributed by atoms with van der Waals surface area (Å²) in [6, 6.07) is 16.4. The Kier molecular flexibility index (Phi) is 6.16. The maximum Gasteiger partial charge on any atom is 0.287 e. The molecule has 2 aromatic carbocycles. The van der Waals surface area contributed by atoms with E-state index in [2.05, 4.69) is 15.5 Å². The molecule has 0 atom stereocenters. The Morgan fingerprint density at radius 3 is 2.15 bits per heavy atom. The Morgan fingerprint density at radius 2 is 1.62 bits per heavy atom. The number of hydrogen-bond acceptors (Lipinski definition) is 2. The fourth-order valence-electron chi connectivity index (χ4n) is 2.20. The van der Waals surface area contributed by atoms with E-state index in [-0.39, 0.29) is 11.4 Å². The van der Waals surface area contributed by atoms with Gasteiger partial charge in [-0.25, -0.2) is 4.39 Å². The second-order valence-electron chi connectivity index (χ2n) is 5.50. The molecule has 136 valence electrons. The number of nitrogens with one attached hydrogen (secondary N) is 2. The zero-order chi connectivity index (χ0) is 19.2. The fraction of sp³-hybridized carbons (Fsp3) is 0.158. The number of nitrogens with zero attached hydrogens (tertiary/aromatic N) is 1. The van der Waals surface area contributed by atoms with Crippen molar-refractivity contribution in [3.05, 3.63) is 77.9 Å². The van der Waals surface area contributed by atoms with Crippen LogP contribution in [0, 0.1) is 5.82 Å². The van der Waals surface area contributed by atoms with Gasteiger partial charge in [-0.05, 0) is 23.3 Å². The van der Waals surface area contributed by atoms with E-state index in [1.807, 2.05) is 30.3 Å². The normalized spacial score (nSPS) is 10.7. The number of H-pyrrole nitrogens is 1. The van der Waals surface area contributed by atoms with Gasteiger partial charge in [-0.3, -0.25) is 9.89 Å². The molecule has 3 aromatic rings. The number of aromatic nitrogens is 2. The number of halogens is 3. The third-order valence-corrected chi connectivity index (χ3v) is 3.50. The van der Waals surface area contributed by atoms with Crippen LogP contribution in [0.3, 0.4) is 0 Å². The van der Waals surface area contributed by atoms with Crippen molar-refractivity contribution in [3.63, 3.8) is 0 Å². The summed E-state index contributed by atoms with van der Waals surface area (Å²) >= 11 is 0. The third-order valence-electron chi connectivity index (χ3n) is 3.50. The van der Waals surface area contributed by atoms with Gasteiger partial charge < -0.3 is 5.32 Å². The maximum atomic E-state index is 12.8. The number of carbonyl (C=O) groups is 1. The molecule has 7 heteroatoms. The molecule has 0 fully saturated rings. The Bertz CT molecular complexity index is 840. The summed E-state index contributed by atoms with van der Waals surface area (Å²) < 4.78 is 38.2. The third kappa shape index (κ3) is 4.95. The van der Waals surface area contributed by atoms with Crippen LogP contribution in [0.4, 0.5) is 13.2 Å². The molecular formula is C19H18F3N3O. The van der Waals surface area contributed by atoms with Gasteiger partial charge in [0.25, 0.3) is 11.8 Å². The highest BCUT2D eigenvalue weighted by molar-refractivity contribution is 5.95. The molecule has 0 bridgehead atoms. The van der Waals surface area contributed by atoms with Gasteiger partial charge in [-0.15, -0.1) is 0 Å². The van der Waals surface area contributed by atoms with Crippen molar-refractivity contribution in [3.8, 4) is 11.1 Å². The summed E-state index contributed by atoms with van der Waals surface area (Å²) in [5, 5.41) is 7.74. The molecule has 1 heterocycles. The Morgan fingerprint density at radius 1 is 1.04 bits per heavy atom. The lowest BCUT2D eigenvalue weighted by molar-refractivity contribution is 0.0117. The van der Waals surface area contributed by atoms with E-state index in [0.29, 0.717) is 6.92 Å². The second-order valence-corrected chi connectivity index (χ2v) is 5.50. The van der Waals surface area contributed by atoms with Crippen molar-refractivity contribution < 1.29 is 18.0 Å². The number of carbonyl (C=O) groups excluding carboxylic acids is 1. The molecule has 0 radical (unpaired) electrons. The molecule has 3 rings (SSSR count). The number of rotatable bonds is 3. The van der Waals surface area contributed by atoms with Crippen LogP contribution >= 0.6 is 0 Å². The molecule has 4 nitrogen and oxygen atoms in total. The molecule has 26 heavy (non-hydrogen) atoms. The summed E-state index contributed by atoms with van der Waals surface area (Å²) in [5.41, 5.74) is 1.56. The predicted octanol–water partition coefficient (Wildman–Crippen LogP) is 4.37. The number of aromatic amines is 1. The zero-order valence-corrected chi connectivity index (χ0v) is 14.3. The minimum Gasteiger partial charge on any atom is -0.355 e. The lowest BCUT2D eigenvalue weighted by Crippen LogP contribution is -2.22. The first-order chi connectivity index (χ1) is 12.3. The Hall–Kier alpha value is -3.09. The van der Waals surface area contributed by atoms with Crippen molar-refractivity contribution in [2.45, 2.75) is 12.8 Å². The van der Waals surface area contributed by atoms with Gasteiger partial charge >= 0.3 is 0 Å². The van der Waals surface area contributed by atoms with E-state index in [9.17, 15) is 18.0 Å². The first kappa shape index (κ1) is 19.2. The van der Waals surface area contributed by atoms with Crippen LogP contribution < -0.4 is 5.32 Å². The molecule has 0 aliphatic heterocycles.